The summed E-state index contributed by atoms with van der Waals surface area (Å²) >= 11 is 7.33. The van der Waals surface area contributed by atoms with Crippen molar-refractivity contribution in [2.75, 3.05) is 0 Å². The summed E-state index contributed by atoms with van der Waals surface area (Å²) < 4.78 is 13.1. The van der Waals surface area contributed by atoms with Gasteiger partial charge in [0.1, 0.15) is 11.7 Å². The van der Waals surface area contributed by atoms with E-state index in [0.29, 0.717) is 16.3 Å². The maximum atomic E-state index is 13.1. The fourth-order valence-electron chi connectivity index (χ4n) is 1.58. The summed E-state index contributed by atoms with van der Waals surface area (Å²) in [6.07, 6.45) is 0. The number of benzene rings is 2. The van der Waals surface area contributed by atoms with Gasteiger partial charge in [0.2, 0.25) is 0 Å². The first-order chi connectivity index (χ1) is 9.06. The molecular weight excluding hydrogens is 283 g/mol. The van der Waals surface area contributed by atoms with E-state index in [1.54, 1.807) is 6.07 Å². The first kappa shape index (κ1) is 13.9. The molecule has 0 bridgehead atoms. The second kappa shape index (κ2) is 6.08. The zero-order valence-electron chi connectivity index (χ0n) is 9.99. The van der Waals surface area contributed by atoms with E-state index >= 15 is 0 Å². The molecule has 0 aromatic heterocycles. The molecule has 0 radical (unpaired) electrons. The van der Waals surface area contributed by atoms with Crippen LogP contribution in [0.15, 0.2) is 47.4 Å². The molecule has 19 heavy (non-hydrogen) atoms. The third-order valence-electron chi connectivity index (χ3n) is 2.54. The van der Waals surface area contributed by atoms with Gasteiger partial charge in [-0.15, -0.1) is 11.8 Å². The molecule has 5 heteroatoms. The van der Waals surface area contributed by atoms with Crippen molar-refractivity contribution in [1.82, 2.24) is 0 Å². The van der Waals surface area contributed by atoms with Gasteiger partial charge in [0, 0.05) is 21.2 Å². The van der Waals surface area contributed by atoms with Crippen LogP contribution in [0.1, 0.15) is 11.1 Å². The largest absolute Gasteiger partial charge is 0.384 e. The van der Waals surface area contributed by atoms with Crippen molar-refractivity contribution in [2.45, 2.75) is 10.6 Å². The number of nitrogens with two attached hydrogens (primary N) is 1. The molecule has 0 spiro atoms. The quantitative estimate of drug-likeness (QED) is 0.507. The normalized spacial score (nSPS) is 10.4. The SMILES string of the molecule is N=C(N)c1cc(F)ccc1SCc1ccc(Cl)cc1. The molecule has 98 valence electrons. The Bertz CT molecular complexity index is 599. The van der Waals surface area contributed by atoms with Crippen LogP contribution in [-0.4, -0.2) is 5.84 Å². The van der Waals surface area contributed by atoms with Crippen LogP contribution >= 0.6 is 23.4 Å². The highest BCUT2D eigenvalue weighted by molar-refractivity contribution is 7.98. The van der Waals surface area contributed by atoms with Gasteiger partial charge in [-0.2, -0.15) is 0 Å². The number of hydrogen-bond acceptors (Lipinski definition) is 2. The molecule has 3 N–H and O–H groups in total. The topological polar surface area (TPSA) is 49.9 Å². The summed E-state index contributed by atoms with van der Waals surface area (Å²) in [5.41, 5.74) is 6.99. The molecule has 2 nitrogen and oxygen atoms in total. The van der Waals surface area contributed by atoms with E-state index in [2.05, 4.69) is 0 Å². The molecule has 0 saturated carbocycles. The Morgan fingerprint density at radius 1 is 1.21 bits per heavy atom. The maximum Gasteiger partial charge on any atom is 0.124 e. The molecule has 0 atom stereocenters. The van der Waals surface area contributed by atoms with Gasteiger partial charge < -0.3 is 5.73 Å². The van der Waals surface area contributed by atoms with Gasteiger partial charge in [-0.05, 0) is 35.9 Å². The molecule has 0 unspecified atom stereocenters. The predicted molar refractivity (Wildman–Crippen MR) is 78.4 cm³/mol. The molecule has 0 fully saturated rings. The summed E-state index contributed by atoms with van der Waals surface area (Å²) in [4.78, 5) is 0.795. The highest BCUT2D eigenvalue weighted by Crippen LogP contribution is 2.27. The van der Waals surface area contributed by atoms with Crippen LogP contribution in [0.4, 0.5) is 4.39 Å². The van der Waals surface area contributed by atoms with Crippen molar-refractivity contribution in [2.24, 2.45) is 5.73 Å². The van der Waals surface area contributed by atoms with Crippen LogP contribution in [0.3, 0.4) is 0 Å². The standard InChI is InChI=1S/C14H12ClFN2S/c15-10-3-1-9(2-4-10)8-19-13-6-5-11(16)7-12(13)14(17)18/h1-7H,8H2,(H3,17,18). The number of nitrogens with one attached hydrogen (secondary N) is 1. The minimum Gasteiger partial charge on any atom is -0.384 e. The number of thioether (sulfide) groups is 1. The molecule has 0 aliphatic carbocycles. The van der Waals surface area contributed by atoms with Crippen LogP contribution in [0.2, 0.25) is 5.02 Å². The fraction of sp³-hybridized carbons (Fsp3) is 0.0714. The van der Waals surface area contributed by atoms with Crippen molar-refractivity contribution in [3.05, 3.63) is 64.4 Å². The van der Waals surface area contributed by atoms with Gasteiger partial charge in [0.05, 0.1) is 0 Å². The van der Waals surface area contributed by atoms with Crippen LogP contribution in [-0.2, 0) is 5.75 Å². The third-order valence-corrected chi connectivity index (χ3v) is 3.94. The monoisotopic (exact) mass is 294 g/mol. The summed E-state index contributed by atoms with van der Waals surface area (Å²) in [5.74, 6) is 0.197. The number of halogens is 2. The number of rotatable bonds is 4. The lowest BCUT2D eigenvalue weighted by Crippen LogP contribution is -2.12. The average molecular weight is 295 g/mol. The van der Waals surface area contributed by atoms with Crippen molar-refractivity contribution in [1.29, 1.82) is 5.41 Å². The third kappa shape index (κ3) is 3.72. The molecule has 0 amide bonds. The van der Waals surface area contributed by atoms with Gasteiger partial charge in [-0.1, -0.05) is 23.7 Å². The summed E-state index contributed by atoms with van der Waals surface area (Å²) in [5, 5.41) is 8.16. The lowest BCUT2D eigenvalue weighted by Gasteiger charge is -2.08. The van der Waals surface area contributed by atoms with Gasteiger partial charge in [-0.25, -0.2) is 4.39 Å². The van der Waals surface area contributed by atoms with Crippen molar-refractivity contribution in [3.8, 4) is 0 Å². The van der Waals surface area contributed by atoms with Gasteiger partial charge >= 0.3 is 0 Å². The Morgan fingerprint density at radius 3 is 2.53 bits per heavy atom. The molecular formula is C14H12ClFN2S. The van der Waals surface area contributed by atoms with Crippen molar-refractivity contribution < 1.29 is 4.39 Å². The van der Waals surface area contributed by atoms with E-state index in [-0.39, 0.29) is 11.7 Å². The van der Waals surface area contributed by atoms with Crippen LogP contribution < -0.4 is 5.73 Å². The van der Waals surface area contributed by atoms with Crippen LogP contribution in [0.25, 0.3) is 0 Å². The molecule has 0 saturated heterocycles. The zero-order chi connectivity index (χ0) is 13.8. The van der Waals surface area contributed by atoms with E-state index in [1.165, 1.54) is 23.9 Å². The first-order valence-electron chi connectivity index (χ1n) is 5.57. The Morgan fingerprint density at radius 2 is 1.89 bits per heavy atom. The second-order valence-corrected chi connectivity index (χ2v) is 5.42. The Hall–Kier alpha value is -1.52. The Kier molecular flexibility index (Phi) is 4.45. The summed E-state index contributed by atoms with van der Waals surface area (Å²) in [6.45, 7) is 0. The van der Waals surface area contributed by atoms with Crippen LogP contribution in [0, 0.1) is 11.2 Å². The van der Waals surface area contributed by atoms with E-state index < -0.39 is 0 Å². The first-order valence-corrected chi connectivity index (χ1v) is 6.94. The smallest absolute Gasteiger partial charge is 0.124 e. The van der Waals surface area contributed by atoms with Gasteiger partial charge in [0.15, 0.2) is 0 Å². The van der Waals surface area contributed by atoms with Gasteiger partial charge in [-0.3, -0.25) is 5.41 Å². The van der Waals surface area contributed by atoms with Crippen LogP contribution in [0.5, 0.6) is 0 Å². The van der Waals surface area contributed by atoms with E-state index in [1.807, 2.05) is 24.3 Å². The zero-order valence-corrected chi connectivity index (χ0v) is 11.6. The minimum absolute atomic E-state index is 0.127. The Labute approximate surface area is 120 Å². The molecule has 2 aromatic carbocycles. The van der Waals surface area contributed by atoms with E-state index in [4.69, 9.17) is 22.7 Å². The Balaban J connectivity index is 2.15. The number of hydrogen-bond donors (Lipinski definition) is 2. The fourth-order valence-corrected chi connectivity index (χ4v) is 2.71. The molecule has 0 aliphatic rings. The van der Waals surface area contributed by atoms with E-state index in [9.17, 15) is 4.39 Å². The molecule has 2 rings (SSSR count). The number of amidine groups is 1. The lowest BCUT2D eigenvalue weighted by molar-refractivity contribution is 0.626. The van der Waals surface area contributed by atoms with Crippen molar-refractivity contribution in [3.63, 3.8) is 0 Å². The van der Waals surface area contributed by atoms with E-state index in [0.717, 1.165) is 10.5 Å². The highest BCUT2D eigenvalue weighted by Gasteiger charge is 2.08. The lowest BCUT2D eigenvalue weighted by atomic mass is 10.2. The summed E-state index contributed by atoms with van der Waals surface area (Å²) in [6, 6.07) is 11.8. The minimum atomic E-state index is -0.388. The van der Waals surface area contributed by atoms with Crippen molar-refractivity contribution >= 4 is 29.2 Å². The predicted octanol–water partition coefficient (Wildman–Crippen LogP) is 4.06. The molecule has 0 heterocycles. The highest BCUT2D eigenvalue weighted by atomic mass is 35.5. The average Bonchev–Trinajstić information content (AvgIpc) is 2.39. The number of nitrogen functional groups attached to an aromatic ring is 1. The second-order valence-electron chi connectivity index (χ2n) is 3.97. The van der Waals surface area contributed by atoms with Gasteiger partial charge in [0.25, 0.3) is 0 Å². The maximum absolute atomic E-state index is 13.1. The molecule has 2 aromatic rings. The summed E-state index contributed by atoms with van der Waals surface area (Å²) in [7, 11) is 0. The molecule has 0 aliphatic heterocycles.